The predicted octanol–water partition coefficient (Wildman–Crippen LogP) is 1.81. The summed E-state index contributed by atoms with van der Waals surface area (Å²) in [6.07, 6.45) is -0.754. The first-order valence-corrected chi connectivity index (χ1v) is 8.64. The number of hydrogen-bond acceptors (Lipinski definition) is 7. The highest BCUT2D eigenvalue weighted by Gasteiger charge is 2.24. The Balaban J connectivity index is 2.20. The van der Waals surface area contributed by atoms with E-state index in [1.807, 2.05) is 6.07 Å². The van der Waals surface area contributed by atoms with Crippen molar-refractivity contribution in [2.24, 2.45) is 0 Å². The van der Waals surface area contributed by atoms with Crippen molar-refractivity contribution in [1.82, 2.24) is 0 Å². The number of phenols is 1. The molecule has 7 heteroatoms. The van der Waals surface area contributed by atoms with Gasteiger partial charge < -0.3 is 34.6 Å². The minimum absolute atomic E-state index is 0.0462. The molecule has 0 radical (unpaired) electrons. The van der Waals surface area contributed by atoms with Gasteiger partial charge in [-0.2, -0.15) is 0 Å². The van der Waals surface area contributed by atoms with Crippen molar-refractivity contribution in [1.29, 1.82) is 0 Å². The lowest BCUT2D eigenvalue weighted by molar-refractivity contribution is -0.000525. The summed E-state index contributed by atoms with van der Waals surface area (Å²) in [6.45, 7) is -0.324. The van der Waals surface area contributed by atoms with Crippen LogP contribution < -0.4 is 14.2 Å². The number of benzene rings is 2. The highest BCUT2D eigenvalue weighted by atomic mass is 16.5. The van der Waals surface area contributed by atoms with Crippen LogP contribution in [0.2, 0.25) is 0 Å². The third kappa shape index (κ3) is 5.26. The van der Waals surface area contributed by atoms with Crippen molar-refractivity contribution in [2.45, 2.75) is 25.0 Å². The van der Waals surface area contributed by atoms with E-state index in [0.717, 1.165) is 5.56 Å². The Hall–Kier alpha value is -2.48. The fraction of sp³-hybridized carbons (Fsp3) is 0.400. The minimum Gasteiger partial charge on any atom is -0.504 e. The van der Waals surface area contributed by atoms with Crippen LogP contribution in [0.15, 0.2) is 36.4 Å². The van der Waals surface area contributed by atoms with E-state index in [2.05, 4.69) is 0 Å². The van der Waals surface area contributed by atoms with Gasteiger partial charge >= 0.3 is 0 Å². The van der Waals surface area contributed by atoms with Crippen molar-refractivity contribution < 1.29 is 34.6 Å². The first kappa shape index (κ1) is 20.8. The lowest BCUT2D eigenvalue weighted by atomic mass is 10.0. The molecular formula is C20H26O7. The minimum atomic E-state index is -1.15. The Morgan fingerprint density at radius 1 is 0.926 bits per heavy atom. The highest BCUT2D eigenvalue weighted by Crippen LogP contribution is 2.34. The van der Waals surface area contributed by atoms with E-state index >= 15 is 0 Å². The van der Waals surface area contributed by atoms with Crippen LogP contribution in [-0.4, -0.2) is 54.0 Å². The van der Waals surface area contributed by atoms with E-state index < -0.39 is 18.8 Å². The predicted molar refractivity (Wildman–Crippen MR) is 99.5 cm³/mol. The molecule has 0 unspecified atom stereocenters. The van der Waals surface area contributed by atoms with Crippen LogP contribution in [-0.2, 0) is 6.42 Å². The molecule has 27 heavy (non-hydrogen) atoms. The molecule has 0 bridgehead atoms. The topological polar surface area (TPSA) is 109 Å². The van der Waals surface area contributed by atoms with Gasteiger partial charge in [-0.25, -0.2) is 0 Å². The maximum absolute atomic E-state index is 10.6. The van der Waals surface area contributed by atoms with E-state index in [-0.39, 0.29) is 18.1 Å². The van der Waals surface area contributed by atoms with E-state index in [1.165, 1.54) is 32.4 Å². The number of aromatic hydroxyl groups is 1. The Bertz CT molecular complexity index is 732. The second kappa shape index (κ2) is 10.0. The van der Waals surface area contributed by atoms with Crippen molar-refractivity contribution in [3.05, 3.63) is 47.5 Å². The number of methoxy groups -OCH3 is 2. The Labute approximate surface area is 158 Å². The largest absolute Gasteiger partial charge is 0.504 e. The third-order valence-corrected chi connectivity index (χ3v) is 4.21. The van der Waals surface area contributed by atoms with E-state index in [1.54, 1.807) is 12.1 Å². The molecule has 148 valence electrons. The van der Waals surface area contributed by atoms with Crippen molar-refractivity contribution in [3.8, 4) is 23.0 Å². The Morgan fingerprint density at radius 2 is 1.67 bits per heavy atom. The highest BCUT2D eigenvalue weighted by molar-refractivity contribution is 5.44. The standard InChI is InChI=1S/C20H26O7/c1-25-17-11-14(6-7-15(17)23)20(24)19(12-22)27-16-8-5-13(4-3-9-21)10-18(16)26-2/h5-8,10-11,19-24H,3-4,9,12H2,1-2H3/t19-,20+/m0/s1. The number of rotatable bonds is 10. The van der Waals surface area contributed by atoms with Crippen LogP contribution in [0.25, 0.3) is 0 Å². The van der Waals surface area contributed by atoms with Gasteiger partial charge in [0.25, 0.3) is 0 Å². The maximum atomic E-state index is 10.6. The van der Waals surface area contributed by atoms with Crippen LogP contribution in [0, 0.1) is 0 Å². The smallest absolute Gasteiger partial charge is 0.161 e. The van der Waals surface area contributed by atoms with Crippen molar-refractivity contribution in [2.75, 3.05) is 27.4 Å². The summed E-state index contributed by atoms with van der Waals surface area (Å²) >= 11 is 0. The van der Waals surface area contributed by atoms with Gasteiger partial charge in [0.2, 0.25) is 0 Å². The van der Waals surface area contributed by atoms with Crippen LogP contribution in [0.4, 0.5) is 0 Å². The zero-order valence-electron chi connectivity index (χ0n) is 15.5. The number of hydrogen-bond donors (Lipinski definition) is 4. The lowest BCUT2D eigenvalue weighted by Gasteiger charge is -2.24. The fourth-order valence-electron chi connectivity index (χ4n) is 2.71. The molecule has 0 saturated heterocycles. The summed E-state index contributed by atoms with van der Waals surface area (Å²) in [4.78, 5) is 0. The summed E-state index contributed by atoms with van der Waals surface area (Å²) in [6, 6.07) is 9.78. The molecule has 2 atom stereocenters. The molecular weight excluding hydrogens is 352 g/mol. The fourth-order valence-corrected chi connectivity index (χ4v) is 2.71. The molecule has 0 aliphatic heterocycles. The van der Waals surface area contributed by atoms with Gasteiger partial charge in [-0.1, -0.05) is 12.1 Å². The summed E-state index contributed by atoms with van der Waals surface area (Å²) in [7, 11) is 2.92. The molecule has 0 saturated carbocycles. The first-order valence-electron chi connectivity index (χ1n) is 8.64. The van der Waals surface area contributed by atoms with Crippen molar-refractivity contribution >= 4 is 0 Å². The van der Waals surface area contributed by atoms with Gasteiger partial charge in [-0.05, 0) is 48.2 Å². The van der Waals surface area contributed by atoms with Gasteiger partial charge in [0.15, 0.2) is 29.1 Å². The molecule has 0 spiro atoms. The number of phenolic OH excluding ortho intramolecular Hbond substituents is 1. The average Bonchev–Trinajstić information content (AvgIpc) is 2.70. The molecule has 7 nitrogen and oxygen atoms in total. The Kier molecular flexibility index (Phi) is 7.72. The summed E-state index contributed by atoms with van der Waals surface area (Å²) in [5.74, 6) is 1.03. The zero-order valence-corrected chi connectivity index (χ0v) is 15.5. The number of ether oxygens (including phenoxy) is 3. The number of aryl methyl sites for hydroxylation is 1. The molecule has 2 aromatic carbocycles. The number of aliphatic hydroxyl groups excluding tert-OH is 3. The average molecular weight is 378 g/mol. The van der Waals surface area contributed by atoms with E-state index in [0.29, 0.717) is 29.9 Å². The molecule has 0 heterocycles. The van der Waals surface area contributed by atoms with Gasteiger partial charge in [0.05, 0.1) is 20.8 Å². The van der Waals surface area contributed by atoms with Crippen LogP contribution in [0.5, 0.6) is 23.0 Å². The second-order valence-corrected chi connectivity index (χ2v) is 6.03. The molecule has 4 N–H and O–H groups in total. The van der Waals surface area contributed by atoms with Gasteiger partial charge in [0.1, 0.15) is 6.10 Å². The normalized spacial score (nSPS) is 13.1. The van der Waals surface area contributed by atoms with Gasteiger partial charge in [-0.15, -0.1) is 0 Å². The summed E-state index contributed by atoms with van der Waals surface area (Å²) < 4.78 is 16.2. The van der Waals surface area contributed by atoms with Gasteiger partial charge in [-0.3, -0.25) is 0 Å². The molecule has 0 aliphatic carbocycles. The molecule has 0 aliphatic rings. The molecule has 0 fully saturated rings. The monoisotopic (exact) mass is 378 g/mol. The van der Waals surface area contributed by atoms with Crippen LogP contribution >= 0.6 is 0 Å². The van der Waals surface area contributed by atoms with Crippen LogP contribution in [0.3, 0.4) is 0 Å². The lowest BCUT2D eigenvalue weighted by Crippen LogP contribution is -2.29. The molecule has 0 amide bonds. The maximum Gasteiger partial charge on any atom is 0.161 e. The van der Waals surface area contributed by atoms with E-state index in [9.17, 15) is 15.3 Å². The second-order valence-electron chi connectivity index (χ2n) is 6.03. The van der Waals surface area contributed by atoms with E-state index in [4.69, 9.17) is 19.3 Å². The molecule has 0 aromatic heterocycles. The SMILES string of the molecule is COc1cc([C@@H](O)[C@H](CO)Oc2ccc(CCCO)cc2OC)ccc1O. The molecule has 2 rings (SSSR count). The molecule has 2 aromatic rings. The number of aliphatic hydroxyl groups is 3. The summed E-state index contributed by atoms with van der Waals surface area (Å²) in [5.41, 5.74) is 1.42. The zero-order chi connectivity index (χ0) is 19.8. The third-order valence-electron chi connectivity index (χ3n) is 4.21. The Morgan fingerprint density at radius 3 is 2.30 bits per heavy atom. The van der Waals surface area contributed by atoms with Crippen molar-refractivity contribution in [3.63, 3.8) is 0 Å². The first-order chi connectivity index (χ1) is 13.0. The summed E-state index contributed by atoms with van der Waals surface area (Å²) in [5, 5.41) is 38.9. The quantitative estimate of drug-likeness (QED) is 0.499. The van der Waals surface area contributed by atoms with Gasteiger partial charge in [0, 0.05) is 6.61 Å². The van der Waals surface area contributed by atoms with Crippen LogP contribution in [0.1, 0.15) is 23.7 Å².